The minimum absolute atomic E-state index is 0.0475. The molecule has 0 aromatic heterocycles. The van der Waals surface area contributed by atoms with Crippen LogP contribution in [0.3, 0.4) is 0 Å². The largest absolute Gasteiger partial charge is 0.444 e. The van der Waals surface area contributed by atoms with Gasteiger partial charge in [-0.05, 0) is 61.7 Å². The maximum atomic E-state index is 12.3. The molecule has 0 N–H and O–H groups in total. The molecule has 0 spiro atoms. The predicted molar refractivity (Wildman–Crippen MR) is 81.9 cm³/mol. The molecule has 0 aromatic rings. The van der Waals surface area contributed by atoms with Gasteiger partial charge < -0.3 is 9.64 Å². The zero-order valence-corrected chi connectivity index (χ0v) is 13.7. The summed E-state index contributed by atoms with van der Waals surface area (Å²) in [6.07, 6.45) is 8.48. The van der Waals surface area contributed by atoms with Gasteiger partial charge in [0.05, 0.1) is 6.54 Å². The molecular formula is C18H29NO2. The van der Waals surface area contributed by atoms with Gasteiger partial charge in [0.15, 0.2) is 0 Å². The lowest BCUT2D eigenvalue weighted by molar-refractivity contribution is -0.0628. The Morgan fingerprint density at radius 2 is 1.62 bits per heavy atom. The van der Waals surface area contributed by atoms with Crippen molar-refractivity contribution in [2.24, 2.45) is 28.6 Å². The summed E-state index contributed by atoms with van der Waals surface area (Å²) in [5.74, 6) is 2.86. The van der Waals surface area contributed by atoms with Gasteiger partial charge in [0, 0.05) is 12.0 Å². The minimum Gasteiger partial charge on any atom is -0.444 e. The molecule has 4 aliphatic carbocycles. The van der Waals surface area contributed by atoms with Gasteiger partial charge in [-0.3, -0.25) is 0 Å². The van der Waals surface area contributed by atoms with Crippen molar-refractivity contribution in [3.05, 3.63) is 0 Å². The second-order valence-electron chi connectivity index (χ2n) is 9.54. The van der Waals surface area contributed by atoms with Crippen molar-refractivity contribution in [3.63, 3.8) is 0 Å². The average Bonchev–Trinajstić information content (AvgIpc) is 2.68. The monoisotopic (exact) mass is 291 g/mol. The highest BCUT2D eigenvalue weighted by molar-refractivity contribution is 5.70. The van der Waals surface area contributed by atoms with Crippen LogP contribution in [0.1, 0.15) is 59.3 Å². The van der Waals surface area contributed by atoms with E-state index in [2.05, 4.69) is 20.8 Å². The Hall–Kier alpha value is -0.730. The van der Waals surface area contributed by atoms with E-state index in [9.17, 15) is 4.79 Å². The Balaban J connectivity index is 1.48. The van der Waals surface area contributed by atoms with Crippen LogP contribution in [0.5, 0.6) is 0 Å². The molecule has 5 rings (SSSR count). The van der Waals surface area contributed by atoms with E-state index in [0.717, 1.165) is 30.8 Å². The number of hydrogen-bond acceptors (Lipinski definition) is 2. The third kappa shape index (κ3) is 2.37. The van der Waals surface area contributed by atoms with E-state index < -0.39 is 0 Å². The Morgan fingerprint density at radius 3 is 2.05 bits per heavy atom. The fraction of sp³-hybridized carbons (Fsp3) is 0.944. The average molecular weight is 291 g/mol. The fourth-order valence-corrected chi connectivity index (χ4v) is 5.98. The van der Waals surface area contributed by atoms with E-state index >= 15 is 0 Å². The highest BCUT2D eigenvalue weighted by atomic mass is 16.6. The molecule has 21 heavy (non-hydrogen) atoms. The lowest BCUT2D eigenvalue weighted by atomic mass is 9.49. The Bertz CT molecular complexity index is 415. The first-order chi connectivity index (χ1) is 9.83. The van der Waals surface area contributed by atoms with Crippen LogP contribution in [0, 0.1) is 28.6 Å². The summed E-state index contributed by atoms with van der Waals surface area (Å²) in [4.78, 5) is 14.3. The molecule has 1 saturated heterocycles. The summed E-state index contributed by atoms with van der Waals surface area (Å²) < 4.78 is 5.64. The van der Waals surface area contributed by atoms with E-state index in [1.165, 1.54) is 38.5 Å². The quantitative estimate of drug-likeness (QED) is 0.767. The number of amides is 1. The summed E-state index contributed by atoms with van der Waals surface area (Å²) in [5.41, 5.74) is 0.479. The molecule has 3 heteroatoms. The molecule has 0 unspecified atom stereocenters. The fourth-order valence-electron chi connectivity index (χ4n) is 5.98. The van der Waals surface area contributed by atoms with Crippen molar-refractivity contribution in [2.45, 2.75) is 65.4 Å². The molecular weight excluding hydrogens is 262 g/mol. The number of ether oxygens (including phenoxy) is 1. The molecule has 5 fully saturated rings. The number of nitrogens with zero attached hydrogens (tertiary/aromatic N) is 1. The van der Waals surface area contributed by atoms with Crippen molar-refractivity contribution in [3.8, 4) is 0 Å². The van der Waals surface area contributed by atoms with E-state index in [1.807, 2.05) is 4.90 Å². The molecule has 1 amide bonds. The van der Waals surface area contributed by atoms with Crippen LogP contribution >= 0.6 is 0 Å². The highest BCUT2D eigenvalue weighted by Crippen LogP contribution is 2.60. The number of carbonyl (C=O) groups is 1. The zero-order valence-electron chi connectivity index (χ0n) is 13.7. The van der Waals surface area contributed by atoms with Gasteiger partial charge in [0.1, 0.15) is 6.10 Å². The van der Waals surface area contributed by atoms with Gasteiger partial charge in [-0.1, -0.05) is 20.8 Å². The minimum atomic E-state index is -0.0642. The van der Waals surface area contributed by atoms with Gasteiger partial charge >= 0.3 is 6.09 Å². The first-order valence-corrected chi connectivity index (χ1v) is 8.79. The standard InChI is InChI=1S/C18H29NO2/c1-17(2,3)15-10-19(16(20)21-15)11-18-7-12-4-13(8-18)6-14(5-12)9-18/h12-15H,4-11H2,1-3H3/t12?,13?,14?,15-,18?/m1/s1. The molecule has 5 aliphatic rings. The van der Waals surface area contributed by atoms with Crippen LogP contribution < -0.4 is 0 Å². The van der Waals surface area contributed by atoms with Crippen LogP contribution in [0.15, 0.2) is 0 Å². The van der Waals surface area contributed by atoms with Crippen molar-refractivity contribution in [2.75, 3.05) is 13.1 Å². The normalized spacial score (nSPS) is 45.3. The van der Waals surface area contributed by atoms with Crippen LogP contribution in [0.25, 0.3) is 0 Å². The Labute approximate surface area is 128 Å². The topological polar surface area (TPSA) is 29.5 Å². The maximum absolute atomic E-state index is 12.3. The van der Waals surface area contributed by atoms with E-state index in [-0.39, 0.29) is 17.6 Å². The highest BCUT2D eigenvalue weighted by Gasteiger charge is 2.53. The molecule has 118 valence electrons. The SMILES string of the molecule is CC(C)(C)[C@H]1CN(CC23CC4CC(CC(C4)C2)C3)C(=O)O1. The van der Waals surface area contributed by atoms with E-state index in [1.54, 1.807) is 0 Å². The summed E-state index contributed by atoms with van der Waals surface area (Å²) in [7, 11) is 0. The lowest BCUT2D eigenvalue weighted by Crippen LogP contribution is -2.51. The number of rotatable bonds is 2. The zero-order chi connectivity index (χ0) is 14.8. The maximum Gasteiger partial charge on any atom is 0.410 e. The van der Waals surface area contributed by atoms with Gasteiger partial charge in [0.2, 0.25) is 0 Å². The summed E-state index contributed by atoms with van der Waals surface area (Å²) >= 11 is 0. The first kappa shape index (κ1) is 13.9. The third-order valence-corrected chi connectivity index (χ3v) is 6.54. The summed E-state index contributed by atoms with van der Waals surface area (Å²) in [6, 6.07) is 0. The number of hydrogen-bond donors (Lipinski definition) is 0. The van der Waals surface area contributed by atoms with Crippen LogP contribution in [0.2, 0.25) is 0 Å². The third-order valence-electron chi connectivity index (χ3n) is 6.54. The number of cyclic esters (lactones) is 1. The molecule has 4 saturated carbocycles. The lowest BCUT2D eigenvalue weighted by Gasteiger charge is -2.57. The number of carbonyl (C=O) groups excluding carboxylic acids is 1. The predicted octanol–water partition coefficient (Wildman–Crippen LogP) is 4.07. The first-order valence-electron chi connectivity index (χ1n) is 8.79. The van der Waals surface area contributed by atoms with Gasteiger partial charge in [-0.15, -0.1) is 0 Å². The summed E-state index contributed by atoms with van der Waals surface area (Å²) in [6.45, 7) is 8.25. The van der Waals surface area contributed by atoms with Crippen LogP contribution in [-0.2, 0) is 4.74 Å². The van der Waals surface area contributed by atoms with Crippen LogP contribution in [0.4, 0.5) is 4.79 Å². The van der Waals surface area contributed by atoms with E-state index in [0.29, 0.717) is 5.41 Å². The van der Waals surface area contributed by atoms with E-state index in [4.69, 9.17) is 4.74 Å². The van der Waals surface area contributed by atoms with Crippen molar-refractivity contribution in [1.29, 1.82) is 0 Å². The second kappa shape index (κ2) is 4.39. The molecule has 0 aromatic carbocycles. The molecule has 1 aliphatic heterocycles. The smallest absolute Gasteiger partial charge is 0.410 e. The molecule has 1 atom stereocenters. The van der Waals surface area contributed by atoms with Crippen LogP contribution in [-0.4, -0.2) is 30.2 Å². The van der Waals surface area contributed by atoms with Crippen molar-refractivity contribution >= 4 is 6.09 Å². The Kier molecular flexibility index (Phi) is 2.91. The van der Waals surface area contributed by atoms with Gasteiger partial charge in [-0.2, -0.15) is 0 Å². The Morgan fingerprint density at radius 1 is 1.10 bits per heavy atom. The van der Waals surface area contributed by atoms with Gasteiger partial charge in [0.25, 0.3) is 0 Å². The molecule has 1 heterocycles. The summed E-state index contributed by atoms with van der Waals surface area (Å²) in [5, 5.41) is 0. The van der Waals surface area contributed by atoms with Gasteiger partial charge in [-0.25, -0.2) is 4.79 Å². The molecule has 4 bridgehead atoms. The molecule has 0 radical (unpaired) electrons. The van der Waals surface area contributed by atoms with Crippen molar-refractivity contribution < 1.29 is 9.53 Å². The van der Waals surface area contributed by atoms with Crippen molar-refractivity contribution in [1.82, 2.24) is 4.90 Å². The second-order valence-corrected chi connectivity index (χ2v) is 9.54. The molecule has 3 nitrogen and oxygen atoms in total.